The van der Waals surface area contributed by atoms with Crippen LogP contribution in [0.2, 0.25) is 0 Å². The number of ether oxygens (including phenoxy) is 1. The molecule has 3 rings (SSSR count). The van der Waals surface area contributed by atoms with Crippen molar-refractivity contribution in [1.29, 1.82) is 0 Å². The fourth-order valence-corrected chi connectivity index (χ4v) is 3.69. The highest BCUT2D eigenvalue weighted by molar-refractivity contribution is 5.87. The molecule has 2 aliphatic rings. The van der Waals surface area contributed by atoms with Gasteiger partial charge in [-0.15, -0.1) is 0 Å². The maximum Gasteiger partial charge on any atom is 0.254 e. The molecular weight excluding hydrogens is 302 g/mol. The molecule has 2 fully saturated rings. The Hall–Kier alpha value is -1.53. The van der Waals surface area contributed by atoms with Gasteiger partial charge in [0.05, 0.1) is 0 Å². The van der Waals surface area contributed by atoms with Gasteiger partial charge in [0.2, 0.25) is 0 Å². The molecule has 0 spiro atoms. The first-order valence-corrected chi connectivity index (χ1v) is 7.97. The first kappa shape index (κ1) is 16.3. The number of benzene rings is 1. The van der Waals surface area contributed by atoms with Gasteiger partial charge in [0, 0.05) is 39.1 Å². The van der Waals surface area contributed by atoms with Crippen LogP contribution in [-0.4, -0.2) is 42.6 Å². The molecule has 1 saturated carbocycles. The van der Waals surface area contributed by atoms with Gasteiger partial charge in [0.15, 0.2) is 11.6 Å². The topological polar surface area (TPSA) is 55.6 Å². The standard InChI is InChI=1S/C17H22F2N2O2/c1-23-17(8-13(20)9-17)16(22)21-5-4-12(10-21)6-11-2-3-14(18)15(19)7-11/h2-3,7,12-13H,4-6,8-10,20H2,1H3. The Morgan fingerprint density at radius 2 is 2.13 bits per heavy atom. The Bertz CT molecular complexity index is 602. The minimum Gasteiger partial charge on any atom is -0.368 e. The van der Waals surface area contributed by atoms with E-state index in [2.05, 4.69) is 0 Å². The van der Waals surface area contributed by atoms with Crippen molar-refractivity contribution in [3.05, 3.63) is 35.4 Å². The number of hydrogen-bond acceptors (Lipinski definition) is 3. The second-order valence-electron chi connectivity index (χ2n) is 6.73. The molecular formula is C17H22F2N2O2. The number of rotatable bonds is 4. The summed E-state index contributed by atoms with van der Waals surface area (Å²) in [6.07, 6.45) is 2.62. The molecule has 0 aromatic heterocycles. The highest BCUT2D eigenvalue weighted by atomic mass is 19.2. The van der Waals surface area contributed by atoms with E-state index in [-0.39, 0.29) is 17.9 Å². The Labute approximate surface area is 134 Å². The van der Waals surface area contributed by atoms with Crippen LogP contribution >= 0.6 is 0 Å². The van der Waals surface area contributed by atoms with E-state index >= 15 is 0 Å². The van der Waals surface area contributed by atoms with Crippen molar-refractivity contribution in [2.75, 3.05) is 20.2 Å². The number of hydrogen-bond donors (Lipinski definition) is 1. The van der Waals surface area contributed by atoms with Gasteiger partial charge in [-0.25, -0.2) is 8.78 Å². The van der Waals surface area contributed by atoms with Gasteiger partial charge in [0.1, 0.15) is 5.60 Å². The SMILES string of the molecule is COC1(C(=O)N2CCC(Cc3ccc(F)c(F)c3)C2)CC(N)C1. The molecule has 23 heavy (non-hydrogen) atoms. The maximum absolute atomic E-state index is 13.3. The highest BCUT2D eigenvalue weighted by Crippen LogP contribution is 2.37. The van der Waals surface area contributed by atoms with Gasteiger partial charge in [-0.3, -0.25) is 4.79 Å². The van der Waals surface area contributed by atoms with Crippen LogP contribution in [-0.2, 0) is 16.0 Å². The van der Waals surface area contributed by atoms with Crippen LogP contribution in [0.15, 0.2) is 18.2 Å². The summed E-state index contributed by atoms with van der Waals surface area (Å²) in [6.45, 7) is 1.30. The molecule has 1 amide bonds. The third-order valence-electron chi connectivity index (χ3n) is 5.05. The van der Waals surface area contributed by atoms with Crippen molar-refractivity contribution in [3.63, 3.8) is 0 Å². The van der Waals surface area contributed by atoms with Crippen molar-refractivity contribution >= 4 is 5.91 Å². The summed E-state index contributed by atoms with van der Waals surface area (Å²) < 4.78 is 31.7. The van der Waals surface area contributed by atoms with Gasteiger partial charge in [-0.05, 0) is 36.5 Å². The summed E-state index contributed by atoms with van der Waals surface area (Å²) in [4.78, 5) is 14.5. The van der Waals surface area contributed by atoms with E-state index in [0.717, 1.165) is 18.1 Å². The largest absolute Gasteiger partial charge is 0.368 e. The third-order valence-corrected chi connectivity index (χ3v) is 5.05. The lowest BCUT2D eigenvalue weighted by molar-refractivity contribution is -0.167. The van der Waals surface area contributed by atoms with Gasteiger partial charge in [-0.1, -0.05) is 6.07 Å². The molecule has 1 aromatic carbocycles. The van der Waals surface area contributed by atoms with Crippen LogP contribution in [0.4, 0.5) is 8.78 Å². The van der Waals surface area contributed by atoms with Gasteiger partial charge >= 0.3 is 0 Å². The Kier molecular flexibility index (Phi) is 4.38. The number of nitrogens with two attached hydrogens (primary N) is 1. The van der Waals surface area contributed by atoms with Crippen LogP contribution in [0.3, 0.4) is 0 Å². The van der Waals surface area contributed by atoms with E-state index in [0.29, 0.717) is 32.4 Å². The molecule has 1 heterocycles. The van der Waals surface area contributed by atoms with Crippen LogP contribution in [0.5, 0.6) is 0 Å². The number of methoxy groups -OCH3 is 1. The van der Waals surface area contributed by atoms with Crippen LogP contribution in [0, 0.1) is 17.6 Å². The predicted octanol–water partition coefficient (Wildman–Crippen LogP) is 1.86. The lowest BCUT2D eigenvalue weighted by atomic mass is 9.75. The minimum absolute atomic E-state index is 0.00878. The average molecular weight is 324 g/mol. The Morgan fingerprint density at radius 3 is 2.74 bits per heavy atom. The minimum atomic E-state index is -0.833. The Balaban J connectivity index is 1.60. The molecule has 2 N–H and O–H groups in total. The van der Waals surface area contributed by atoms with Gasteiger partial charge in [0.25, 0.3) is 5.91 Å². The average Bonchev–Trinajstić information content (AvgIpc) is 2.95. The molecule has 1 atom stereocenters. The lowest BCUT2D eigenvalue weighted by Crippen LogP contribution is -2.61. The van der Waals surface area contributed by atoms with Crippen LogP contribution in [0.25, 0.3) is 0 Å². The molecule has 1 unspecified atom stereocenters. The summed E-state index contributed by atoms with van der Waals surface area (Å²) in [5, 5.41) is 0. The molecule has 126 valence electrons. The molecule has 1 aliphatic carbocycles. The van der Waals surface area contributed by atoms with E-state index in [9.17, 15) is 13.6 Å². The molecule has 6 heteroatoms. The van der Waals surface area contributed by atoms with Crippen molar-refractivity contribution in [1.82, 2.24) is 4.90 Å². The van der Waals surface area contributed by atoms with Crippen LogP contribution < -0.4 is 5.73 Å². The second-order valence-corrected chi connectivity index (χ2v) is 6.73. The summed E-state index contributed by atoms with van der Waals surface area (Å²) in [6, 6.07) is 4.02. The van der Waals surface area contributed by atoms with Crippen LogP contribution in [0.1, 0.15) is 24.8 Å². The van der Waals surface area contributed by atoms with E-state index in [1.54, 1.807) is 13.2 Å². The highest BCUT2D eigenvalue weighted by Gasteiger charge is 2.51. The number of nitrogens with zero attached hydrogens (tertiary/aromatic N) is 1. The molecule has 1 aliphatic heterocycles. The zero-order valence-corrected chi connectivity index (χ0v) is 13.2. The molecule has 1 aromatic rings. The third kappa shape index (κ3) is 3.10. The van der Waals surface area contributed by atoms with E-state index in [1.165, 1.54) is 6.07 Å². The monoisotopic (exact) mass is 324 g/mol. The summed E-state index contributed by atoms with van der Waals surface area (Å²) >= 11 is 0. The van der Waals surface area contributed by atoms with Crippen molar-refractivity contribution < 1.29 is 18.3 Å². The molecule has 4 nitrogen and oxygen atoms in total. The Morgan fingerprint density at radius 1 is 1.39 bits per heavy atom. The smallest absolute Gasteiger partial charge is 0.254 e. The van der Waals surface area contributed by atoms with Crippen molar-refractivity contribution in [3.8, 4) is 0 Å². The first-order valence-electron chi connectivity index (χ1n) is 7.97. The van der Waals surface area contributed by atoms with E-state index in [4.69, 9.17) is 10.5 Å². The lowest BCUT2D eigenvalue weighted by Gasteiger charge is -2.45. The van der Waals surface area contributed by atoms with Gasteiger partial charge in [-0.2, -0.15) is 0 Å². The van der Waals surface area contributed by atoms with Crippen molar-refractivity contribution in [2.45, 2.75) is 37.3 Å². The molecule has 0 bridgehead atoms. The molecule has 0 radical (unpaired) electrons. The number of likely N-dealkylation sites (tertiary alicyclic amines) is 1. The number of amides is 1. The molecule has 1 saturated heterocycles. The first-order chi connectivity index (χ1) is 10.9. The van der Waals surface area contributed by atoms with Gasteiger partial charge < -0.3 is 15.4 Å². The second kappa shape index (κ2) is 6.17. The number of carbonyl (C=O) groups excluding carboxylic acids is 1. The number of carbonyl (C=O) groups is 1. The number of halogens is 2. The summed E-state index contributed by atoms with van der Waals surface area (Å²) in [5.41, 5.74) is 5.81. The zero-order chi connectivity index (χ0) is 16.6. The normalized spacial score (nSPS) is 30.3. The maximum atomic E-state index is 13.3. The summed E-state index contributed by atoms with van der Waals surface area (Å²) in [5.74, 6) is -1.39. The fourth-order valence-electron chi connectivity index (χ4n) is 3.69. The zero-order valence-electron chi connectivity index (χ0n) is 13.2. The van der Waals surface area contributed by atoms with Crippen molar-refractivity contribution in [2.24, 2.45) is 11.7 Å². The summed E-state index contributed by atoms with van der Waals surface area (Å²) in [7, 11) is 1.55. The fraction of sp³-hybridized carbons (Fsp3) is 0.588. The van der Waals surface area contributed by atoms with E-state index in [1.807, 2.05) is 4.90 Å². The van der Waals surface area contributed by atoms with E-state index < -0.39 is 17.2 Å². The predicted molar refractivity (Wildman–Crippen MR) is 81.7 cm³/mol. The quantitative estimate of drug-likeness (QED) is 0.920.